The molecule has 0 aliphatic heterocycles. The van der Waals surface area contributed by atoms with E-state index in [0.29, 0.717) is 11.4 Å². The standard InChI is InChI=1S/C16H19N3O2/c1-16(2,3)15(20)9-13(19-11-17-10-18-19)12-7-5-6-8-14(12)21-4/h5-11H,1-4H3/b13-9-. The summed E-state index contributed by atoms with van der Waals surface area (Å²) in [7, 11) is 1.60. The van der Waals surface area contributed by atoms with Gasteiger partial charge in [0.2, 0.25) is 0 Å². The molecule has 0 fully saturated rings. The molecule has 21 heavy (non-hydrogen) atoms. The Hall–Kier alpha value is -2.43. The average molecular weight is 285 g/mol. The number of hydrogen-bond donors (Lipinski definition) is 0. The van der Waals surface area contributed by atoms with Crippen LogP contribution in [0.5, 0.6) is 5.75 Å². The van der Waals surface area contributed by atoms with E-state index in [1.807, 2.05) is 45.0 Å². The minimum atomic E-state index is -0.464. The number of aromatic nitrogens is 3. The maximum Gasteiger partial charge on any atom is 0.163 e. The second kappa shape index (κ2) is 5.91. The van der Waals surface area contributed by atoms with Crippen LogP contribution in [0.1, 0.15) is 26.3 Å². The van der Waals surface area contributed by atoms with E-state index < -0.39 is 5.41 Å². The summed E-state index contributed by atoms with van der Waals surface area (Å²) < 4.78 is 6.95. The Morgan fingerprint density at radius 3 is 2.57 bits per heavy atom. The summed E-state index contributed by atoms with van der Waals surface area (Å²) >= 11 is 0. The monoisotopic (exact) mass is 285 g/mol. The minimum absolute atomic E-state index is 0.0129. The molecule has 0 N–H and O–H groups in total. The van der Waals surface area contributed by atoms with Gasteiger partial charge in [-0.25, -0.2) is 9.67 Å². The first-order valence-electron chi connectivity index (χ1n) is 6.68. The molecule has 5 nitrogen and oxygen atoms in total. The Morgan fingerprint density at radius 2 is 2.00 bits per heavy atom. The summed E-state index contributed by atoms with van der Waals surface area (Å²) in [6.45, 7) is 5.65. The number of hydrogen-bond acceptors (Lipinski definition) is 4. The van der Waals surface area contributed by atoms with Gasteiger partial charge in [-0.15, -0.1) is 0 Å². The van der Waals surface area contributed by atoms with Crippen molar-refractivity contribution in [2.45, 2.75) is 20.8 Å². The quantitative estimate of drug-likeness (QED) is 0.811. The summed E-state index contributed by atoms with van der Waals surface area (Å²) in [6.07, 6.45) is 4.59. The van der Waals surface area contributed by atoms with Gasteiger partial charge in [0.15, 0.2) is 5.78 Å². The molecule has 0 radical (unpaired) electrons. The van der Waals surface area contributed by atoms with Gasteiger partial charge in [-0.2, -0.15) is 5.10 Å². The molecular formula is C16H19N3O2. The summed E-state index contributed by atoms with van der Waals surface area (Å²) in [4.78, 5) is 16.3. The lowest BCUT2D eigenvalue weighted by atomic mass is 9.89. The zero-order valence-electron chi connectivity index (χ0n) is 12.7. The number of ether oxygens (including phenoxy) is 1. The summed E-state index contributed by atoms with van der Waals surface area (Å²) in [5, 5.41) is 4.13. The molecule has 0 unspecified atom stereocenters. The van der Waals surface area contributed by atoms with E-state index in [-0.39, 0.29) is 5.78 Å². The van der Waals surface area contributed by atoms with Crippen LogP contribution in [0.4, 0.5) is 0 Å². The Balaban J connectivity index is 2.58. The molecule has 110 valence electrons. The molecule has 0 saturated carbocycles. The molecule has 2 aromatic rings. The van der Waals surface area contributed by atoms with Crippen LogP contribution in [0.15, 0.2) is 43.0 Å². The van der Waals surface area contributed by atoms with E-state index in [1.165, 1.54) is 6.33 Å². The van der Waals surface area contributed by atoms with Gasteiger partial charge in [-0.1, -0.05) is 32.9 Å². The molecule has 0 aliphatic rings. The van der Waals surface area contributed by atoms with Crippen LogP contribution in [0, 0.1) is 5.41 Å². The predicted octanol–water partition coefficient (Wildman–Crippen LogP) is 2.79. The SMILES string of the molecule is COc1ccccc1/C(=C/C(=O)C(C)(C)C)n1cncn1. The van der Waals surface area contributed by atoms with Crippen LogP contribution in [0.25, 0.3) is 5.70 Å². The zero-order valence-corrected chi connectivity index (χ0v) is 12.7. The lowest BCUT2D eigenvalue weighted by molar-refractivity contribution is -0.121. The van der Waals surface area contributed by atoms with Crippen LogP contribution < -0.4 is 4.74 Å². The maximum absolute atomic E-state index is 12.4. The third-order valence-corrected chi connectivity index (χ3v) is 3.06. The second-order valence-electron chi connectivity index (χ2n) is 5.68. The van der Waals surface area contributed by atoms with E-state index in [2.05, 4.69) is 10.1 Å². The highest BCUT2D eigenvalue weighted by atomic mass is 16.5. The number of carbonyl (C=O) groups is 1. The van der Waals surface area contributed by atoms with Crippen molar-refractivity contribution >= 4 is 11.5 Å². The first-order valence-corrected chi connectivity index (χ1v) is 6.68. The van der Waals surface area contributed by atoms with Crippen LogP contribution in [-0.4, -0.2) is 27.7 Å². The highest BCUT2D eigenvalue weighted by Gasteiger charge is 2.21. The van der Waals surface area contributed by atoms with Crippen molar-refractivity contribution in [1.82, 2.24) is 14.8 Å². The summed E-state index contributed by atoms with van der Waals surface area (Å²) in [6, 6.07) is 7.51. The van der Waals surface area contributed by atoms with Gasteiger partial charge in [0.1, 0.15) is 18.4 Å². The van der Waals surface area contributed by atoms with Crippen molar-refractivity contribution in [1.29, 1.82) is 0 Å². The molecule has 0 saturated heterocycles. The summed E-state index contributed by atoms with van der Waals surface area (Å²) in [5.41, 5.74) is 0.974. The number of para-hydroxylation sites is 1. The third-order valence-electron chi connectivity index (χ3n) is 3.06. The van der Waals surface area contributed by atoms with Crippen LogP contribution in [0.2, 0.25) is 0 Å². The van der Waals surface area contributed by atoms with Crippen LogP contribution in [0.3, 0.4) is 0 Å². The van der Waals surface area contributed by atoms with Crippen molar-refractivity contribution in [3.63, 3.8) is 0 Å². The maximum atomic E-state index is 12.4. The van der Waals surface area contributed by atoms with Crippen molar-refractivity contribution in [3.05, 3.63) is 48.6 Å². The number of methoxy groups -OCH3 is 1. The first-order chi connectivity index (χ1) is 9.93. The van der Waals surface area contributed by atoms with Gasteiger partial charge in [-0.05, 0) is 12.1 Å². The van der Waals surface area contributed by atoms with Crippen molar-refractivity contribution in [3.8, 4) is 5.75 Å². The fourth-order valence-electron chi connectivity index (χ4n) is 1.80. The molecule has 0 aliphatic carbocycles. The van der Waals surface area contributed by atoms with Gasteiger partial charge >= 0.3 is 0 Å². The highest BCUT2D eigenvalue weighted by molar-refractivity contribution is 6.00. The number of allylic oxidation sites excluding steroid dienone is 1. The lowest BCUT2D eigenvalue weighted by Crippen LogP contribution is -2.19. The largest absolute Gasteiger partial charge is 0.496 e. The molecular weight excluding hydrogens is 266 g/mol. The number of nitrogens with zero attached hydrogens (tertiary/aromatic N) is 3. The molecule has 1 aromatic carbocycles. The predicted molar refractivity (Wildman–Crippen MR) is 80.9 cm³/mol. The Morgan fingerprint density at radius 1 is 1.29 bits per heavy atom. The molecule has 0 bridgehead atoms. The molecule has 1 heterocycles. The van der Waals surface area contributed by atoms with Gasteiger partial charge in [0.25, 0.3) is 0 Å². The second-order valence-corrected chi connectivity index (χ2v) is 5.68. The highest BCUT2D eigenvalue weighted by Crippen LogP contribution is 2.28. The number of rotatable bonds is 4. The smallest absolute Gasteiger partial charge is 0.163 e. The van der Waals surface area contributed by atoms with Crippen molar-refractivity contribution in [2.75, 3.05) is 7.11 Å². The van der Waals surface area contributed by atoms with E-state index in [4.69, 9.17) is 4.74 Å². The number of ketones is 1. The normalized spacial score (nSPS) is 12.3. The van der Waals surface area contributed by atoms with Crippen molar-refractivity contribution in [2.24, 2.45) is 5.41 Å². The molecule has 2 rings (SSSR count). The van der Waals surface area contributed by atoms with Gasteiger partial charge in [0.05, 0.1) is 12.8 Å². The molecule has 5 heteroatoms. The van der Waals surface area contributed by atoms with E-state index in [9.17, 15) is 4.79 Å². The molecule has 0 atom stereocenters. The molecule has 1 aromatic heterocycles. The fraction of sp³-hybridized carbons (Fsp3) is 0.312. The molecule has 0 amide bonds. The van der Waals surface area contributed by atoms with Crippen LogP contribution >= 0.6 is 0 Å². The van der Waals surface area contributed by atoms with Gasteiger partial charge < -0.3 is 4.74 Å². The minimum Gasteiger partial charge on any atom is -0.496 e. The number of carbonyl (C=O) groups excluding carboxylic acids is 1. The Labute approximate surface area is 124 Å². The van der Waals surface area contributed by atoms with E-state index in [0.717, 1.165) is 5.56 Å². The molecule has 0 spiro atoms. The Kier molecular flexibility index (Phi) is 4.21. The third kappa shape index (κ3) is 3.37. The lowest BCUT2D eigenvalue weighted by Gasteiger charge is -2.16. The first kappa shape index (κ1) is 15.0. The van der Waals surface area contributed by atoms with Crippen LogP contribution in [-0.2, 0) is 4.79 Å². The van der Waals surface area contributed by atoms with E-state index in [1.54, 1.807) is 24.2 Å². The van der Waals surface area contributed by atoms with Gasteiger partial charge in [0, 0.05) is 17.1 Å². The fourth-order valence-corrected chi connectivity index (χ4v) is 1.80. The topological polar surface area (TPSA) is 57.0 Å². The van der Waals surface area contributed by atoms with Crippen molar-refractivity contribution < 1.29 is 9.53 Å². The number of benzene rings is 1. The zero-order chi connectivity index (χ0) is 15.5. The van der Waals surface area contributed by atoms with Gasteiger partial charge in [-0.3, -0.25) is 4.79 Å². The average Bonchev–Trinajstić information content (AvgIpc) is 2.97. The Bertz CT molecular complexity index is 652. The summed E-state index contributed by atoms with van der Waals surface area (Å²) in [5.74, 6) is 0.694. The van der Waals surface area contributed by atoms with E-state index >= 15 is 0 Å².